The van der Waals surface area contributed by atoms with Gasteiger partial charge in [-0.2, -0.15) is 0 Å². The normalized spacial score (nSPS) is 23.2. The SMILES string of the molecule is COC(=O)N[C@@H](C)C(=O)N1CCC[C@H]1c1ncc(-c2ccc3c(c2)sc2cc(-c4ccc5c(c4)NC([C@@H]4C6CC[C@H](C6)N4C(=O)[C@H](C)NC(=O)OC)N5)ccc23)[nH]1. The van der Waals surface area contributed by atoms with E-state index in [9.17, 15) is 19.2 Å². The number of imidazole rings is 1. The molecule has 0 radical (unpaired) electrons. The number of aromatic amines is 1. The number of methoxy groups -OCH3 is 2. The molecule has 7 atom stereocenters. The highest BCUT2D eigenvalue weighted by molar-refractivity contribution is 7.25. The second kappa shape index (κ2) is 14.6. The molecule has 9 rings (SSSR count). The number of H-pyrrole nitrogens is 1. The second-order valence-electron chi connectivity index (χ2n) is 15.6. The van der Waals surface area contributed by atoms with Crippen LogP contribution in [0.25, 0.3) is 42.6 Å². The number of fused-ring (bicyclic) bond motifs is 6. The van der Waals surface area contributed by atoms with Gasteiger partial charge in [0.15, 0.2) is 0 Å². The van der Waals surface area contributed by atoms with Gasteiger partial charge in [-0.1, -0.05) is 30.3 Å². The van der Waals surface area contributed by atoms with E-state index in [-0.39, 0.29) is 36.1 Å². The smallest absolute Gasteiger partial charge is 0.407 e. The molecule has 3 aliphatic heterocycles. The number of amides is 4. The molecule has 3 fully saturated rings. The van der Waals surface area contributed by atoms with Crippen LogP contribution in [0.1, 0.15) is 57.8 Å². The molecule has 57 heavy (non-hydrogen) atoms. The predicted molar refractivity (Wildman–Crippen MR) is 219 cm³/mol. The van der Waals surface area contributed by atoms with Crippen LogP contribution in [0, 0.1) is 5.92 Å². The lowest BCUT2D eigenvalue weighted by molar-refractivity contribution is -0.137. The lowest BCUT2D eigenvalue weighted by Gasteiger charge is -2.40. The van der Waals surface area contributed by atoms with E-state index in [0.29, 0.717) is 12.5 Å². The summed E-state index contributed by atoms with van der Waals surface area (Å²) in [6.45, 7) is 3.98. The lowest BCUT2D eigenvalue weighted by Crippen LogP contribution is -2.58. The number of hydrogen-bond donors (Lipinski definition) is 5. The molecule has 3 aromatic carbocycles. The zero-order valence-corrected chi connectivity index (χ0v) is 33.1. The lowest BCUT2D eigenvalue weighted by atomic mass is 9.95. The highest BCUT2D eigenvalue weighted by Gasteiger charge is 2.53. The topological polar surface area (TPSA) is 170 Å². The molecule has 4 aliphatic rings. The molecule has 2 aromatic heterocycles. The zero-order chi connectivity index (χ0) is 39.5. The molecule has 1 aliphatic carbocycles. The molecule has 5 heterocycles. The molecule has 296 valence electrons. The number of carbonyl (C=O) groups is 4. The quantitative estimate of drug-likeness (QED) is 0.113. The molecule has 14 nitrogen and oxygen atoms in total. The fourth-order valence-corrected chi connectivity index (χ4v) is 10.6. The first kappa shape index (κ1) is 36.8. The van der Waals surface area contributed by atoms with Gasteiger partial charge in [-0.3, -0.25) is 9.59 Å². The van der Waals surface area contributed by atoms with Crippen molar-refractivity contribution in [3.63, 3.8) is 0 Å². The van der Waals surface area contributed by atoms with Crippen LogP contribution in [0.5, 0.6) is 0 Å². The number of piperidine rings is 1. The Morgan fingerprint density at radius 3 is 2.19 bits per heavy atom. The first-order chi connectivity index (χ1) is 27.6. The number of nitrogens with zero attached hydrogens (tertiary/aromatic N) is 3. The van der Waals surface area contributed by atoms with Gasteiger partial charge in [0, 0.05) is 38.3 Å². The Labute approximate surface area is 333 Å². The van der Waals surface area contributed by atoms with Gasteiger partial charge in [0.1, 0.15) is 24.1 Å². The van der Waals surface area contributed by atoms with Gasteiger partial charge in [0.2, 0.25) is 11.8 Å². The fraction of sp³-hybridized carbons (Fsp3) is 0.405. The van der Waals surface area contributed by atoms with E-state index in [2.05, 4.69) is 85.6 Å². The number of likely N-dealkylation sites (tertiary alicyclic amines) is 2. The molecule has 2 saturated heterocycles. The molecule has 1 saturated carbocycles. The Morgan fingerprint density at radius 2 is 1.46 bits per heavy atom. The van der Waals surface area contributed by atoms with Crippen molar-refractivity contribution in [1.82, 2.24) is 30.4 Å². The standard InChI is InChI=1S/C42H46N8O6S/c1-21(44-41(53)55-3)39(51)49-15-5-6-33(49)37-43-20-32(48-37)25-9-13-29-28-12-8-24(18-34(28)57-35(29)19-25)23-10-14-30-31(17-23)47-38(46-30)36-26-7-11-27(16-26)50(36)40(52)22(2)45-42(54)56-4/h8-10,12-14,17-22,26-27,33,36,38,46-47H,5-7,11,15-16H2,1-4H3,(H,43,48)(H,44,53)(H,45,54)/t21-,22-,26?,27+,33-,36-,38?/m0/s1. The Balaban J connectivity index is 0.915. The summed E-state index contributed by atoms with van der Waals surface area (Å²) in [4.78, 5) is 62.4. The molecular weight excluding hydrogens is 745 g/mol. The van der Waals surface area contributed by atoms with Crippen molar-refractivity contribution in [2.45, 2.75) is 82.3 Å². The van der Waals surface area contributed by atoms with Crippen molar-refractivity contribution < 1.29 is 28.7 Å². The van der Waals surface area contributed by atoms with Crippen molar-refractivity contribution in [3.05, 3.63) is 66.6 Å². The predicted octanol–water partition coefficient (Wildman–Crippen LogP) is 6.81. The fourth-order valence-electron chi connectivity index (χ4n) is 9.45. The maximum Gasteiger partial charge on any atom is 0.407 e. The summed E-state index contributed by atoms with van der Waals surface area (Å²) < 4.78 is 11.8. The summed E-state index contributed by atoms with van der Waals surface area (Å²) >= 11 is 1.75. The number of nitrogens with one attached hydrogen (secondary N) is 5. The van der Waals surface area contributed by atoms with Gasteiger partial charge in [-0.15, -0.1) is 11.3 Å². The van der Waals surface area contributed by atoms with Crippen molar-refractivity contribution >= 4 is 66.9 Å². The zero-order valence-electron chi connectivity index (χ0n) is 32.3. The summed E-state index contributed by atoms with van der Waals surface area (Å²) in [7, 11) is 2.58. The molecule has 5 aromatic rings. The number of carbonyl (C=O) groups excluding carboxylic acids is 4. The number of thiophene rings is 1. The summed E-state index contributed by atoms with van der Waals surface area (Å²) in [5.74, 6) is 0.870. The van der Waals surface area contributed by atoms with Crippen LogP contribution >= 0.6 is 11.3 Å². The van der Waals surface area contributed by atoms with Gasteiger partial charge in [-0.05, 0) is 87.3 Å². The van der Waals surface area contributed by atoms with E-state index >= 15 is 0 Å². The number of aromatic nitrogens is 2. The molecule has 15 heteroatoms. The third-order valence-electron chi connectivity index (χ3n) is 12.2. The van der Waals surface area contributed by atoms with Crippen LogP contribution in [-0.2, 0) is 19.1 Å². The minimum atomic E-state index is -0.706. The second-order valence-corrected chi connectivity index (χ2v) is 16.7. The van der Waals surface area contributed by atoms with Crippen molar-refractivity contribution in [2.75, 3.05) is 31.4 Å². The first-order valence-electron chi connectivity index (χ1n) is 19.6. The number of alkyl carbamates (subject to hydrolysis) is 2. The monoisotopic (exact) mass is 790 g/mol. The van der Waals surface area contributed by atoms with Gasteiger partial charge in [0.05, 0.1) is 49.6 Å². The maximum absolute atomic E-state index is 13.6. The Morgan fingerprint density at radius 1 is 0.807 bits per heavy atom. The molecule has 5 N–H and O–H groups in total. The summed E-state index contributed by atoms with van der Waals surface area (Å²) in [5, 5.41) is 15.0. The Bertz CT molecular complexity index is 2410. The van der Waals surface area contributed by atoms with Gasteiger partial charge in [-0.25, -0.2) is 14.6 Å². The average molecular weight is 791 g/mol. The maximum atomic E-state index is 13.6. The number of hydrogen-bond acceptors (Lipinski definition) is 10. The van der Waals surface area contributed by atoms with Crippen LogP contribution in [0.4, 0.5) is 21.0 Å². The van der Waals surface area contributed by atoms with E-state index in [1.165, 1.54) is 34.4 Å². The van der Waals surface area contributed by atoms with Gasteiger partial charge < -0.3 is 45.5 Å². The largest absolute Gasteiger partial charge is 0.453 e. The van der Waals surface area contributed by atoms with Crippen LogP contribution in [0.15, 0.2) is 60.8 Å². The molecular formula is C42H46N8O6S. The van der Waals surface area contributed by atoms with E-state index in [4.69, 9.17) is 9.72 Å². The van der Waals surface area contributed by atoms with Crippen molar-refractivity contribution in [3.8, 4) is 22.4 Å². The van der Waals surface area contributed by atoms with Gasteiger partial charge in [0.25, 0.3) is 0 Å². The van der Waals surface area contributed by atoms with Gasteiger partial charge >= 0.3 is 12.2 Å². The number of rotatable bonds is 8. The first-order valence-corrected chi connectivity index (χ1v) is 20.4. The Hall–Kier alpha value is -5.83. The minimum Gasteiger partial charge on any atom is -0.453 e. The van der Waals surface area contributed by atoms with E-state index in [1.54, 1.807) is 30.1 Å². The van der Waals surface area contributed by atoms with Crippen LogP contribution < -0.4 is 21.3 Å². The van der Waals surface area contributed by atoms with E-state index in [0.717, 1.165) is 71.7 Å². The third kappa shape index (κ3) is 6.56. The molecule has 0 spiro atoms. The van der Waals surface area contributed by atoms with Crippen LogP contribution in [-0.4, -0.2) is 94.9 Å². The van der Waals surface area contributed by atoms with Crippen LogP contribution in [0.3, 0.4) is 0 Å². The minimum absolute atomic E-state index is 0.0330. The number of anilines is 2. The number of ether oxygens (including phenoxy) is 2. The molecule has 4 amide bonds. The Kier molecular flexibility index (Phi) is 9.42. The van der Waals surface area contributed by atoms with E-state index < -0.39 is 24.3 Å². The van der Waals surface area contributed by atoms with Crippen LogP contribution in [0.2, 0.25) is 0 Å². The summed E-state index contributed by atoms with van der Waals surface area (Å²) in [6.07, 6.45) is 5.13. The average Bonchev–Trinajstić information content (AvgIpc) is 4.08. The molecule has 2 unspecified atom stereocenters. The highest BCUT2D eigenvalue weighted by atomic mass is 32.1. The summed E-state index contributed by atoms with van der Waals surface area (Å²) in [6, 6.07) is 18.1. The molecule has 2 bridgehead atoms. The highest BCUT2D eigenvalue weighted by Crippen LogP contribution is 2.47. The summed E-state index contributed by atoms with van der Waals surface area (Å²) in [5.41, 5.74) is 6.13. The van der Waals surface area contributed by atoms with Crippen molar-refractivity contribution in [1.29, 1.82) is 0 Å². The third-order valence-corrected chi connectivity index (χ3v) is 13.3. The van der Waals surface area contributed by atoms with Crippen molar-refractivity contribution in [2.24, 2.45) is 5.92 Å². The number of benzene rings is 3. The van der Waals surface area contributed by atoms with E-state index in [1.807, 2.05) is 11.1 Å².